The third kappa shape index (κ3) is 5.82. The first-order chi connectivity index (χ1) is 13.3. The molecule has 0 radical (unpaired) electrons. The molecule has 0 saturated heterocycles. The first-order valence-electron chi connectivity index (χ1n) is 7.73. The molecule has 0 atom stereocenters. The first kappa shape index (κ1) is 20.4. The van der Waals surface area contributed by atoms with E-state index in [9.17, 15) is 18.0 Å². The molecule has 0 unspecified atom stereocenters. The SMILES string of the molecule is O=C(Nc1ccccc1)c1nnc(/C(Cl)=C/c2ccc(SC(F)(F)F)cc2)s1. The van der Waals surface area contributed by atoms with Crippen molar-refractivity contribution >= 4 is 57.4 Å². The van der Waals surface area contributed by atoms with E-state index in [1.54, 1.807) is 30.3 Å². The summed E-state index contributed by atoms with van der Waals surface area (Å²) in [5.74, 6) is -0.409. The fraction of sp³-hybridized carbons (Fsp3) is 0.0556. The van der Waals surface area contributed by atoms with Gasteiger partial charge in [-0.1, -0.05) is 53.3 Å². The molecule has 0 fully saturated rings. The van der Waals surface area contributed by atoms with E-state index < -0.39 is 11.4 Å². The lowest BCUT2D eigenvalue weighted by molar-refractivity contribution is -0.0328. The number of para-hydroxylation sites is 1. The van der Waals surface area contributed by atoms with Crippen LogP contribution in [-0.4, -0.2) is 21.6 Å². The van der Waals surface area contributed by atoms with Gasteiger partial charge in [-0.2, -0.15) is 13.2 Å². The van der Waals surface area contributed by atoms with Gasteiger partial charge in [-0.25, -0.2) is 0 Å². The highest BCUT2D eigenvalue weighted by molar-refractivity contribution is 8.00. The molecule has 1 heterocycles. The highest BCUT2D eigenvalue weighted by Crippen LogP contribution is 2.37. The van der Waals surface area contributed by atoms with Gasteiger partial charge in [-0.05, 0) is 47.7 Å². The molecule has 0 bridgehead atoms. The molecule has 28 heavy (non-hydrogen) atoms. The van der Waals surface area contributed by atoms with Gasteiger partial charge >= 0.3 is 5.51 Å². The van der Waals surface area contributed by atoms with Crippen LogP contribution >= 0.6 is 34.7 Å². The Balaban J connectivity index is 1.69. The van der Waals surface area contributed by atoms with Crippen LogP contribution in [0.3, 0.4) is 0 Å². The number of rotatable bonds is 5. The number of alkyl halides is 3. The summed E-state index contributed by atoms with van der Waals surface area (Å²) in [6, 6.07) is 14.6. The molecular weight excluding hydrogens is 431 g/mol. The van der Waals surface area contributed by atoms with E-state index >= 15 is 0 Å². The number of anilines is 1. The minimum absolute atomic E-state index is 0.0801. The highest BCUT2D eigenvalue weighted by atomic mass is 35.5. The van der Waals surface area contributed by atoms with Crippen LogP contribution in [-0.2, 0) is 0 Å². The van der Waals surface area contributed by atoms with Crippen LogP contribution in [0.25, 0.3) is 11.1 Å². The van der Waals surface area contributed by atoms with Gasteiger partial charge in [-0.3, -0.25) is 4.79 Å². The van der Waals surface area contributed by atoms with Crippen molar-refractivity contribution < 1.29 is 18.0 Å². The summed E-state index contributed by atoms with van der Waals surface area (Å²) < 4.78 is 37.1. The quantitative estimate of drug-likeness (QED) is 0.483. The maximum atomic E-state index is 12.4. The predicted octanol–water partition coefficient (Wildman–Crippen LogP) is 6.14. The number of halogens is 4. The van der Waals surface area contributed by atoms with Crippen molar-refractivity contribution in [3.63, 3.8) is 0 Å². The average molecular weight is 442 g/mol. The molecule has 10 heteroatoms. The Bertz CT molecular complexity index is 989. The number of hydrogen-bond donors (Lipinski definition) is 1. The van der Waals surface area contributed by atoms with Crippen molar-refractivity contribution in [3.8, 4) is 0 Å². The number of nitrogens with zero attached hydrogens (tertiary/aromatic N) is 2. The van der Waals surface area contributed by atoms with Crippen LogP contribution in [0.1, 0.15) is 20.4 Å². The lowest BCUT2D eigenvalue weighted by atomic mass is 10.2. The van der Waals surface area contributed by atoms with Crippen LogP contribution in [0.15, 0.2) is 59.5 Å². The number of aromatic nitrogens is 2. The summed E-state index contributed by atoms with van der Waals surface area (Å²) in [7, 11) is 0. The standard InChI is InChI=1S/C18H11ClF3N3OS2/c19-14(10-11-6-8-13(9-7-11)28-18(20,21)22)16-24-25-17(27-16)15(26)23-12-4-2-1-3-5-12/h1-10H,(H,23,26)/b14-10-. The zero-order valence-corrected chi connectivity index (χ0v) is 16.3. The summed E-state index contributed by atoms with van der Waals surface area (Å²) in [5, 5.41) is 11.1. The molecule has 1 amide bonds. The number of carbonyl (C=O) groups excluding carboxylic acids is 1. The smallest absolute Gasteiger partial charge is 0.320 e. The average Bonchev–Trinajstić information content (AvgIpc) is 3.13. The molecule has 0 aliphatic heterocycles. The lowest BCUT2D eigenvalue weighted by Crippen LogP contribution is -2.11. The molecular formula is C18H11ClF3N3OS2. The van der Waals surface area contributed by atoms with E-state index in [4.69, 9.17) is 11.6 Å². The topological polar surface area (TPSA) is 54.9 Å². The molecule has 3 aromatic rings. The van der Waals surface area contributed by atoms with Crippen LogP contribution in [0, 0.1) is 0 Å². The van der Waals surface area contributed by atoms with E-state index in [1.165, 1.54) is 24.3 Å². The second-order valence-electron chi connectivity index (χ2n) is 5.34. The van der Waals surface area contributed by atoms with E-state index in [-0.39, 0.29) is 26.7 Å². The number of hydrogen-bond acceptors (Lipinski definition) is 5. The summed E-state index contributed by atoms with van der Waals surface area (Å²) in [6.07, 6.45) is 1.54. The zero-order chi connectivity index (χ0) is 20.1. The van der Waals surface area contributed by atoms with Crippen molar-refractivity contribution in [3.05, 3.63) is 70.2 Å². The molecule has 0 spiro atoms. The summed E-state index contributed by atoms with van der Waals surface area (Å²) in [5.41, 5.74) is -3.11. The Morgan fingerprint density at radius 3 is 2.32 bits per heavy atom. The first-order valence-corrected chi connectivity index (χ1v) is 9.74. The van der Waals surface area contributed by atoms with E-state index in [0.717, 1.165) is 11.3 Å². The molecule has 2 aromatic carbocycles. The third-order valence-corrected chi connectivity index (χ3v) is 5.36. The minimum Gasteiger partial charge on any atom is -0.320 e. The Morgan fingerprint density at radius 1 is 1.04 bits per heavy atom. The van der Waals surface area contributed by atoms with Crippen molar-refractivity contribution in [2.75, 3.05) is 5.32 Å². The summed E-state index contributed by atoms with van der Waals surface area (Å²) in [4.78, 5) is 12.3. The second kappa shape index (κ2) is 8.76. The number of carbonyl (C=O) groups is 1. The van der Waals surface area contributed by atoms with Crippen LogP contribution in [0.5, 0.6) is 0 Å². The largest absolute Gasteiger partial charge is 0.446 e. The Labute approximate surface area is 171 Å². The van der Waals surface area contributed by atoms with Gasteiger partial charge in [-0.15, -0.1) is 10.2 Å². The van der Waals surface area contributed by atoms with E-state index in [2.05, 4.69) is 15.5 Å². The third-order valence-electron chi connectivity index (χ3n) is 3.26. The fourth-order valence-corrected chi connectivity index (χ4v) is 3.56. The lowest BCUT2D eigenvalue weighted by Gasteiger charge is -2.05. The molecule has 0 saturated carbocycles. The van der Waals surface area contributed by atoms with Crippen LogP contribution < -0.4 is 5.32 Å². The van der Waals surface area contributed by atoms with Gasteiger partial charge in [0, 0.05) is 10.6 Å². The van der Waals surface area contributed by atoms with Gasteiger partial charge in [0.1, 0.15) is 0 Å². The van der Waals surface area contributed by atoms with Gasteiger partial charge in [0.15, 0.2) is 5.01 Å². The maximum absolute atomic E-state index is 12.4. The van der Waals surface area contributed by atoms with Crippen molar-refractivity contribution in [1.82, 2.24) is 10.2 Å². The van der Waals surface area contributed by atoms with Crippen LogP contribution in [0.4, 0.5) is 18.9 Å². The Kier molecular flexibility index (Phi) is 6.38. The molecule has 3 rings (SSSR count). The summed E-state index contributed by atoms with van der Waals surface area (Å²) in [6.45, 7) is 0. The van der Waals surface area contributed by atoms with Gasteiger partial charge in [0.2, 0.25) is 5.01 Å². The van der Waals surface area contributed by atoms with Gasteiger partial charge in [0.05, 0.1) is 5.03 Å². The van der Waals surface area contributed by atoms with Crippen molar-refractivity contribution in [1.29, 1.82) is 0 Å². The normalized spacial score (nSPS) is 12.1. The number of amides is 1. The van der Waals surface area contributed by atoms with E-state index in [1.807, 2.05) is 6.07 Å². The number of benzene rings is 2. The predicted molar refractivity (Wildman–Crippen MR) is 106 cm³/mol. The monoisotopic (exact) mass is 441 g/mol. The summed E-state index contributed by atoms with van der Waals surface area (Å²) >= 11 is 7.04. The molecule has 4 nitrogen and oxygen atoms in total. The zero-order valence-electron chi connectivity index (χ0n) is 13.9. The number of nitrogens with one attached hydrogen (secondary N) is 1. The molecule has 0 aliphatic rings. The Morgan fingerprint density at radius 2 is 1.68 bits per heavy atom. The van der Waals surface area contributed by atoms with Gasteiger partial charge < -0.3 is 5.32 Å². The van der Waals surface area contributed by atoms with Gasteiger partial charge in [0.25, 0.3) is 5.91 Å². The highest BCUT2D eigenvalue weighted by Gasteiger charge is 2.28. The molecule has 1 aromatic heterocycles. The van der Waals surface area contributed by atoms with E-state index in [0.29, 0.717) is 16.3 Å². The minimum atomic E-state index is -4.34. The molecule has 144 valence electrons. The Hall–Kier alpha value is -2.36. The number of thioether (sulfide) groups is 1. The van der Waals surface area contributed by atoms with Crippen LogP contribution in [0.2, 0.25) is 0 Å². The maximum Gasteiger partial charge on any atom is 0.446 e. The second-order valence-corrected chi connectivity index (χ2v) is 7.86. The van der Waals surface area contributed by atoms with Crippen molar-refractivity contribution in [2.24, 2.45) is 0 Å². The molecule has 1 N–H and O–H groups in total. The molecule has 0 aliphatic carbocycles. The fourth-order valence-electron chi connectivity index (χ4n) is 2.09. The van der Waals surface area contributed by atoms with Crippen molar-refractivity contribution in [2.45, 2.75) is 10.4 Å².